The van der Waals surface area contributed by atoms with Crippen molar-refractivity contribution in [1.29, 1.82) is 0 Å². The third kappa shape index (κ3) is 16.8. The third-order valence-electron chi connectivity index (χ3n) is 7.89. The fraction of sp³-hybridized carbons (Fsp3) is 1.00. The molecule has 8 atom stereocenters. The van der Waals surface area contributed by atoms with Crippen LogP contribution in [0.25, 0.3) is 0 Å². The number of halogens is 6. The summed E-state index contributed by atoms with van der Waals surface area (Å²) >= 11 is 0. The first-order valence-electron chi connectivity index (χ1n) is 16.2. The molecule has 4 fully saturated rings. The Bertz CT molecular complexity index is 1030. The van der Waals surface area contributed by atoms with Crippen LogP contribution in [-0.2, 0) is 47.5 Å². The van der Waals surface area contributed by atoms with Crippen molar-refractivity contribution in [2.24, 2.45) is 0 Å². The van der Waals surface area contributed by atoms with E-state index in [0.29, 0.717) is 12.8 Å². The van der Waals surface area contributed by atoms with Crippen LogP contribution < -0.4 is 0 Å². The molecule has 0 spiro atoms. The van der Waals surface area contributed by atoms with Gasteiger partial charge in [0.25, 0.3) is 0 Å². The lowest BCUT2D eigenvalue weighted by atomic mass is 10.2. The Hall–Kier alpha value is -0.920. The van der Waals surface area contributed by atoms with Crippen LogP contribution in [0.15, 0.2) is 0 Å². The molecule has 0 saturated carbocycles. The molecule has 4 aliphatic heterocycles. The summed E-state index contributed by atoms with van der Waals surface area (Å²) in [5.74, 6) is 0. The summed E-state index contributed by atoms with van der Waals surface area (Å²) in [4.78, 5) is 0. The van der Waals surface area contributed by atoms with Gasteiger partial charge in [0.15, 0.2) is 0 Å². The van der Waals surface area contributed by atoms with E-state index in [9.17, 15) is 43.2 Å². The van der Waals surface area contributed by atoms with Crippen LogP contribution in [-0.4, -0.2) is 137 Å². The zero-order valence-corrected chi connectivity index (χ0v) is 29.5. The van der Waals surface area contributed by atoms with Crippen molar-refractivity contribution in [2.45, 2.75) is 138 Å². The Morgan fingerprint density at radius 1 is 0.480 bits per heavy atom. The fourth-order valence-electron chi connectivity index (χ4n) is 4.97. The molecule has 300 valence electrons. The molecule has 0 unspecified atom stereocenters. The lowest BCUT2D eigenvalue weighted by Crippen LogP contribution is -2.29. The second-order valence-electron chi connectivity index (χ2n) is 11.7. The van der Waals surface area contributed by atoms with E-state index < -0.39 is 56.7 Å². The van der Waals surface area contributed by atoms with Crippen LogP contribution in [0.3, 0.4) is 0 Å². The standard InChI is InChI=1S/2C8H13F3O4S.2C6H12O3/c2*1-2-6-3-4-7(15-6)5-14-16(12,13)8(9,10)11;2*7-3-5-1-2-6(4-8)9-5/h2*6-7H,2-5H2,1H3;2*5-8H,1-4H2/t6-,7+;6-,7-;5-,6+;5-,6-/m11.0/s1. The maximum atomic E-state index is 11.9. The van der Waals surface area contributed by atoms with Crippen molar-refractivity contribution >= 4 is 20.2 Å². The summed E-state index contributed by atoms with van der Waals surface area (Å²) in [6, 6.07) is 0. The van der Waals surface area contributed by atoms with Gasteiger partial charge in [-0.1, -0.05) is 13.8 Å². The molecule has 14 nitrogen and oxygen atoms in total. The molecule has 0 bridgehead atoms. The summed E-state index contributed by atoms with van der Waals surface area (Å²) in [6.45, 7) is 2.96. The highest BCUT2D eigenvalue weighted by molar-refractivity contribution is 7.87. The Balaban J connectivity index is 0.000000345. The number of aliphatic hydroxyl groups is 4. The average Bonchev–Trinajstić information content (AvgIpc) is 3.89. The molecule has 4 saturated heterocycles. The summed E-state index contributed by atoms with van der Waals surface area (Å²) in [6.07, 6.45) is 6.23. The molecule has 0 aromatic heterocycles. The fourth-order valence-corrected chi connectivity index (χ4v) is 5.90. The first-order valence-corrected chi connectivity index (χ1v) is 19.0. The van der Waals surface area contributed by atoms with Gasteiger partial charge in [-0.15, -0.1) is 0 Å². The second-order valence-corrected chi connectivity index (χ2v) is 15.0. The zero-order chi connectivity index (χ0) is 38.2. The van der Waals surface area contributed by atoms with Gasteiger partial charge in [0, 0.05) is 0 Å². The monoisotopic (exact) mass is 788 g/mol. The van der Waals surface area contributed by atoms with Crippen molar-refractivity contribution in [3.63, 3.8) is 0 Å². The van der Waals surface area contributed by atoms with E-state index in [4.69, 9.17) is 39.4 Å². The summed E-state index contributed by atoms with van der Waals surface area (Å²) in [5.41, 5.74) is -10.7. The molecule has 0 amide bonds. The normalized spacial score (nSPS) is 30.2. The van der Waals surface area contributed by atoms with Crippen molar-refractivity contribution in [3.8, 4) is 0 Å². The minimum atomic E-state index is -5.49. The first kappa shape index (κ1) is 47.1. The Labute approximate surface area is 288 Å². The van der Waals surface area contributed by atoms with Gasteiger partial charge in [-0.05, 0) is 64.2 Å². The van der Waals surface area contributed by atoms with Crippen LogP contribution in [0.5, 0.6) is 0 Å². The van der Waals surface area contributed by atoms with Gasteiger partial charge in [0.1, 0.15) is 0 Å². The molecule has 4 rings (SSSR count). The summed E-state index contributed by atoms with van der Waals surface area (Å²) in [7, 11) is -11.0. The van der Waals surface area contributed by atoms with Crippen LogP contribution in [0.1, 0.15) is 78.1 Å². The molecule has 0 aromatic carbocycles. The van der Waals surface area contributed by atoms with Gasteiger partial charge in [0.05, 0.1) is 88.5 Å². The SMILES string of the molecule is CC[C@@H]1CC[C@@H](COS(=O)(=O)C(F)(F)F)O1.CC[C@@H]1CC[C@H](COS(=O)(=O)C(F)(F)F)O1.OC[C@@H]1CC[C@@H](CO)O1.OC[C@@H]1CC[C@H](CO)O1. The maximum absolute atomic E-state index is 11.9. The molecule has 0 radical (unpaired) electrons. The van der Waals surface area contributed by atoms with Crippen LogP contribution in [0, 0.1) is 0 Å². The predicted octanol–water partition coefficient (Wildman–Crippen LogP) is 2.66. The highest BCUT2D eigenvalue weighted by atomic mass is 32.2. The van der Waals surface area contributed by atoms with Gasteiger partial charge < -0.3 is 39.4 Å². The van der Waals surface area contributed by atoms with Crippen molar-refractivity contribution < 1.29 is 90.9 Å². The molecule has 4 N–H and O–H groups in total. The molecule has 0 aromatic rings. The lowest BCUT2D eigenvalue weighted by Gasteiger charge is -2.13. The van der Waals surface area contributed by atoms with E-state index in [-0.39, 0.29) is 63.1 Å². The maximum Gasteiger partial charge on any atom is 0.523 e. The first-order chi connectivity index (χ1) is 23.2. The number of ether oxygens (including phenoxy) is 4. The summed E-state index contributed by atoms with van der Waals surface area (Å²) in [5, 5.41) is 34.3. The number of aliphatic hydroxyl groups excluding tert-OH is 4. The predicted molar refractivity (Wildman–Crippen MR) is 162 cm³/mol. The topological polar surface area (TPSA) is 205 Å². The van der Waals surface area contributed by atoms with E-state index in [1.165, 1.54) is 0 Å². The molecular formula is C28H50F6O14S2. The largest absolute Gasteiger partial charge is 0.523 e. The molecule has 4 aliphatic rings. The van der Waals surface area contributed by atoms with Gasteiger partial charge in [-0.25, -0.2) is 0 Å². The Kier molecular flexibility index (Phi) is 21.0. The van der Waals surface area contributed by atoms with Crippen LogP contribution in [0.4, 0.5) is 26.3 Å². The van der Waals surface area contributed by atoms with E-state index >= 15 is 0 Å². The Morgan fingerprint density at radius 2 is 0.700 bits per heavy atom. The van der Waals surface area contributed by atoms with Crippen molar-refractivity contribution in [3.05, 3.63) is 0 Å². The number of rotatable bonds is 12. The van der Waals surface area contributed by atoms with Crippen LogP contribution >= 0.6 is 0 Å². The van der Waals surface area contributed by atoms with Gasteiger partial charge >= 0.3 is 31.3 Å². The van der Waals surface area contributed by atoms with Crippen LogP contribution in [0.2, 0.25) is 0 Å². The van der Waals surface area contributed by atoms with E-state index in [1.807, 2.05) is 13.8 Å². The number of hydrogen-bond donors (Lipinski definition) is 4. The molecule has 50 heavy (non-hydrogen) atoms. The van der Waals surface area contributed by atoms with Crippen molar-refractivity contribution in [2.75, 3.05) is 39.6 Å². The molecule has 0 aliphatic carbocycles. The molecule has 22 heteroatoms. The zero-order valence-electron chi connectivity index (χ0n) is 27.9. The minimum Gasteiger partial charge on any atom is -0.394 e. The average molecular weight is 789 g/mol. The number of alkyl halides is 6. The number of hydrogen-bond acceptors (Lipinski definition) is 14. The Morgan fingerprint density at radius 3 is 0.880 bits per heavy atom. The van der Waals surface area contributed by atoms with E-state index in [0.717, 1.165) is 51.4 Å². The lowest BCUT2D eigenvalue weighted by molar-refractivity contribution is -0.0589. The second kappa shape index (κ2) is 22.3. The van der Waals surface area contributed by atoms with E-state index in [1.54, 1.807) is 0 Å². The molecule has 4 heterocycles. The minimum absolute atomic E-state index is 0.0119. The van der Waals surface area contributed by atoms with Gasteiger partial charge in [-0.3, -0.25) is 8.37 Å². The smallest absolute Gasteiger partial charge is 0.394 e. The quantitative estimate of drug-likeness (QED) is 0.128. The third-order valence-corrected chi connectivity index (χ3v) is 9.92. The van der Waals surface area contributed by atoms with E-state index in [2.05, 4.69) is 8.37 Å². The summed E-state index contributed by atoms with van der Waals surface area (Å²) < 4.78 is 142. The van der Waals surface area contributed by atoms with Crippen molar-refractivity contribution in [1.82, 2.24) is 0 Å². The van der Waals surface area contributed by atoms with Gasteiger partial charge in [0.2, 0.25) is 0 Å². The highest BCUT2D eigenvalue weighted by Crippen LogP contribution is 2.29. The molecular weight excluding hydrogens is 738 g/mol. The van der Waals surface area contributed by atoms with Gasteiger partial charge in [-0.2, -0.15) is 43.2 Å². The highest BCUT2D eigenvalue weighted by Gasteiger charge is 2.48.